The maximum Gasteiger partial charge on any atom is 0.109 e. The van der Waals surface area contributed by atoms with Gasteiger partial charge in [-0.05, 0) is 31.6 Å². The molecule has 3 heteroatoms. The van der Waals surface area contributed by atoms with Crippen LogP contribution < -0.4 is 0 Å². The number of hydrogen-bond donors (Lipinski definition) is 1. The molecule has 3 nitrogen and oxygen atoms in total. The van der Waals surface area contributed by atoms with Gasteiger partial charge in [0.2, 0.25) is 0 Å². The minimum atomic E-state index is -0.643. The van der Waals surface area contributed by atoms with Gasteiger partial charge in [0.1, 0.15) is 5.41 Å². The van der Waals surface area contributed by atoms with Gasteiger partial charge in [0.05, 0.1) is 18.8 Å². The molecule has 1 fully saturated rings. The summed E-state index contributed by atoms with van der Waals surface area (Å²) in [5.74, 6) is 0.233. The lowest BCUT2D eigenvalue weighted by atomic mass is 9.73. The van der Waals surface area contributed by atoms with Crippen molar-refractivity contribution in [2.75, 3.05) is 13.2 Å². The predicted molar refractivity (Wildman–Crippen MR) is 56.0 cm³/mol. The molecule has 82 valence electrons. The van der Waals surface area contributed by atoms with E-state index in [1.165, 1.54) is 0 Å². The molecule has 1 N–H and O–H groups in total. The van der Waals surface area contributed by atoms with Crippen molar-refractivity contribution in [2.45, 2.75) is 31.8 Å². The number of allylic oxidation sites excluding steroid dienone is 2. The Morgan fingerprint density at radius 1 is 1.53 bits per heavy atom. The molecule has 1 saturated heterocycles. The van der Waals surface area contributed by atoms with Crippen LogP contribution in [-0.4, -0.2) is 24.4 Å². The van der Waals surface area contributed by atoms with Gasteiger partial charge in [-0.15, -0.1) is 0 Å². The molecule has 0 aromatic rings. The van der Waals surface area contributed by atoms with E-state index in [9.17, 15) is 10.4 Å². The SMILES string of the molecule is N#CC1(C(O)C2CC=CCC2)CCOC1. The van der Waals surface area contributed by atoms with Crippen molar-refractivity contribution in [1.29, 1.82) is 5.26 Å². The van der Waals surface area contributed by atoms with E-state index in [1.54, 1.807) is 0 Å². The Morgan fingerprint density at radius 2 is 2.40 bits per heavy atom. The first-order chi connectivity index (χ1) is 7.28. The molecule has 1 aliphatic carbocycles. The normalized spacial score (nSPS) is 37.5. The quantitative estimate of drug-likeness (QED) is 0.700. The Balaban J connectivity index is 2.08. The zero-order chi connectivity index (χ0) is 10.7. The van der Waals surface area contributed by atoms with Gasteiger partial charge in [0.15, 0.2) is 0 Å². The molecule has 0 spiro atoms. The van der Waals surface area contributed by atoms with Crippen LogP contribution in [0.3, 0.4) is 0 Å². The molecular formula is C12H17NO2. The number of hydrogen-bond acceptors (Lipinski definition) is 3. The first-order valence-corrected chi connectivity index (χ1v) is 5.60. The molecule has 3 unspecified atom stereocenters. The Kier molecular flexibility index (Phi) is 3.08. The third-order valence-corrected chi connectivity index (χ3v) is 3.60. The highest BCUT2D eigenvalue weighted by Gasteiger charge is 2.45. The van der Waals surface area contributed by atoms with Gasteiger partial charge in [0, 0.05) is 6.61 Å². The number of aliphatic hydroxyl groups excluding tert-OH is 1. The Hall–Kier alpha value is -0.850. The predicted octanol–water partition coefficient (Wildman–Crippen LogP) is 1.63. The average molecular weight is 207 g/mol. The van der Waals surface area contributed by atoms with Gasteiger partial charge in [0.25, 0.3) is 0 Å². The summed E-state index contributed by atoms with van der Waals surface area (Å²) in [5.41, 5.74) is -0.643. The lowest BCUT2D eigenvalue weighted by molar-refractivity contribution is 0.00364. The highest BCUT2D eigenvalue weighted by atomic mass is 16.5. The molecule has 0 bridgehead atoms. The smallest absolute Gasteiger partial charge is 0.109 e. The van der Waals surface area contributed by atoms with Crippen molar-refractivity contribution in [3.05, 3.63) is 12.2 Å². The molecule has 0 radical (unpaired) electrons. The zero-order valence-electron chi connectivity index (χ0n) is 8.85. The topological polar surface area (TPSA) is 53.2 Å². The van der Waals surface area contributed by atoms with E-state index in [4.69, 9.17) is 4.74 Å². The van der Waals surface area contributed by atoms with Gasteiger partial charge in [-0.3, -0.25) is 0 Å². The molecule has 2 rings (SSSR count). The van der Waals surface area contributed by atoms with Crippen molar-refractivity contribution >= 4 is 0 Å². The Morgan fingerprint density at radius 3 is 2.93 bits per heavy atom. The van der Waals surface area contributed by atoms with E-state index >= 15 is 0 Å². The number of aliphatic hydroxyl groups is 1. The summed E-state index contributed by atoms with van der Waals surface area (Å²) in [6.45, 7) is 0.998. The fraction of sp³-hybridized carbons (Fsp3) is 0.750. The molecule has 0 saturated carbocycles. The third kappa shape index (κ3) is 1.92. The number of rotatable bonds is 2. The summed E-state index contributed by atoms with van der Waals surface area (Å²) in [6, 6.07) is 2.28. The number of nitriles is 1. The van der Waals surface area contributed by atoms with E-state index in [1.807, 2.05) is 0 Å². The average Bonchev–Trinajstić information content (AvgIpc) is 2.79. The summed E-state index contributed by atoms with van der Waals surface area (Å²) >= 11 is 0. The van der Waals surface area contributed by atoms with E-state index in [2.05, 4.69) is 18.2 Å². The van der Waals surface area contributed by atoms with Crippen LogP contribution in [0.4, 0.5) is 0 Å². The number of nitrogens with zero attached hydrogens (tertiary/aromatic N) is 1. The summed E-state index contributed by atoms with van der Waals surface area (Å²) in [7, 11) is 0. The lowest BCUT2D eigenvalue weighted by Crippen LogP contribution is -2.40. The first-order valence-electron chi connectivity index (χ1n) is 5.60. The van der Waals surface area contributed by atoms with Crippen LogP contribution in [0.2, 0.25) is 0 Å². The second-order valence-electron chi connectivity index (χ2n) is 4.56. The minimum absolute atomic E-state index is 0.233. The van der Waals surface area contributed by atoms with E-state index < -0.39 is 11.5 Å². The van der Waals surface area contributed by atoms with Gasteiger partial charge < -0.3 is 9.84 Å². The van der Waals surface area contributed by atoms with E-state index in [-0.39, 0.29) is 5.92 Å². The molecule has 0 amide bonds. The summed E-state index contributed by atoms with van der Waals surface area (Å²) < 4.78 is 5.26. The summed E-state index contributed by atoms with van der Waals surface area (Å²) in [5, 5.41) is 19.5. The molecule has 3 atom stereocenters. The molecule has 2 aliphatic rings. The Labute approximate surface area is 90.4 Å². The Bertz CT molecular complexity index is 286. The minimum Gasteiger partial charge on any atom is -0.391 e. The molecule has 0 aromatic carbocycles. The van der Waals surface area contributed by atoms with Crippen molar-refractivity contribution in [1.82, 2.24) is 0 Å². The van der Waals surface area contributed by atoms with Gasteiger partial charge in [-0.25, -0.2) is 0 Å². The fourth-order valence-corrected chi connectivity index (χ4v) is 2.52. The lowest BCUT2D eigenvalue weighted by Gasteiger charge is -2.32. The summed E-state index contributed by atoms with van der Waals surface area (Å²) in [4.78, 5) is 0. The van der Waals surface area contributed by atoms with E-state index in [0.29, 0.717) is 19.6 Å². The third-order valence-electron chi connectivity index (χ3n) is 3.60. The maximum atomic E-state index is 10.3. The molecule has 0 aromatic heterocycles. The molecule has 15 heavy (non-hydrogen) atoms. The van der Waals surface area contributed by atoms with Crippen LogP contribution in [0.25, 0.3) is 0 Å². The van der Waals surface area contributed by atoms with Crippen LogP contribution in [-0.2, 0) is 4.74 Å². The zero-order valence-corrected chi connectivity index (χ0v) is 8.85. The largest absolute Gasteiger partial charge is 0.391 e. The second kappa shape index (κ2) is 4.34. The van der Waals surface area contributed by atoms with Gasteiger partial charge >= 0.3 is 0 Å². The highest BCUT2D eigenvalue weighted by Crippen LogP contribution is 2.38. The summed E-state index contributed by atoms with van der Waals surface area (Å²) in [6.07, 6.45) is 7.29. The van der Waals surface area contributed by atoms with Gasteiger partial charge in [-0.1, -0.05) is 12.2 Å². The molecule has 1 heterocycles. The van der Waals surface area contributed by atoms with Crippen LogP contribution in [0.15, 0.2) is 12.2 Å². The van der Waals surface area contributed by atoms with Gasteiger partial charge in [-0.2, -0.15) is 5.26 Å². The van der Waals surface area contributed by atoms with Crippen molar-refractivity contribution in [3.63, 3.8) is 0 Å². The maximum absolute atomic E-state index is 10.3. The standard InChI is InChI=1S/C12H17NO2/c13-8-12(6-7-15-9-12)11(14)10-4-2-1-3-5-10/h1-2,10-11,14H,3-7,9H2. The van der Waals surface area contributed by atoms with Crippen molar-refractivity contribution in [3.8, 4) is 6.07 Å². The van der Waals surface area contributed by atoms with Crippen LogP contribution >= 0.6 is 0 Å². The van der Waals surface area contributed by atoms with Crippen LogP contribution in [0.1, 0.15) is 25.7 Å². The monoisotopic (exact) mass is 207 g/mol. The van der Waals surface area contributed by atoms with Crippen molar-refractivity contribution in [2.24, 2.45) is 11.3 Å². The van der Waals surface area contributed by atoms with Crippen LogP contribution in [0, 0.1) is 22.7 Å². The first kappa shape index (κ1) is 10.7. The van der Waals surface area contributed by atoms with E-state index in [0.717, 1.165) is 19.3 Å². The number of ether oxygens (including phenoxy) is 1. The fourth-order valence-electron chi connectivity index (χ4n) is 2.52. The molecule has 1 aliphatic heterocycles. The molecular weight excluding hydrogens is 190 g/mol. The van der Waals surface area contributed by atoms with Crippen molar-refractivity contribution < 1.29 is 9.84 Å². The second-order valence-corrected chi connectivity index (χ2v) is 4.56. The highest BCUT2D eigenvalue weighted by molar-refractivity contribution is 5.09. The van der Waals surface area contributed by atoms with Crippen LogP contribution in [0.5, 0.6) is 0 Å².